The highest BCUT2D eigenvalue weighted by Crippen LogP contribution is 2.02. The van der Waals surface area contributed by atoms with Crippen molar-refractivity contribution in [1.82, 2.24) is 0 Å². The molecule has 0 amide bonds. The minimum atomic E-state index is -1.04. The van der Waals surface area contributed by atoms with Gasteiger partial charge in [0.05, 0.1) is 0 Å². The SMILES string of the molecule is C=C/C=N\C=C(/CC)B(O)C#N. The number of allylic oxidation sites excluding steroid dienone is 2. The van der Waals surface area contributed by atoms with E-state index in [4.69, 9.17) is 10.3 Å². The molecule has 0 aliphatic heterocycles. The van der Waals surface area contributed by atoms with E-state index in [0.29, 0.717) is 11.9 Å². The van der Waals surface area contributed by atoms with Crippen LogP contribution in [-0.2, 0) is 0 Å². The van der Waals surface area contributed by atoms with Crippen molar-refractivity contribution >= 4 is 13.1 Å². The average Bonchev–Trinajstić information content (AvgIpc) is 2.11. The number of aliphatic imine (C=N–C) groups is 1. The van der Waals surface area contributed by atoms with Crippen LogP contribution in [-0.4, -0.2) is 18.2 Å². The molecule has 0 heterocycles. The maximum Gasteiger partial charge on any atom is 0.442 e. The molecule has 12 heavy (non-hydrogen) atoms. The van der Waals surface area contributed by atoms with Gasteiger partial charge < -0.3 is 5.02 Å². The van der Waals surface area contributed by atoms with E-state index < -0.39 is 6.92 Å². The molecular weight excluding hydrogens is 151 g/mol. The van der Waals surface area contributed by atoms with Crippen molar-refractivity contribution in [1.29, 1.82) is 5.26 Å². The smallest absolute Gasteiger partial charge is 0.435 e. The fourth-order valence-electron chi connectivity index (χ4n) is 0.638. The molecule has 0 atom stereocenters. The van der Waals surface area contributed by atoms with E-state index in [9.17, 15) is 0 Å². The van der Waals surface area contributed by atoms with E-state index in [2.05, 4.69) is 11.6 Å². The normalized spacial score (nSPS) is 11.2. The minimum absolute atomic E-state index is 0.607. The van der Waals surface area contributed by atoms with Crippen LogP contribution in [0, 0.1) is 11.2 Å². The lowest BCUT2D eigenvalue weighted by atomic mass is 9.62. The summed E-state index contributed by atoms with van der Waals surface area (Å²) in [4.78, 5) is 3.81. The molecule has 0 aromatic heterocycles. The Balaban J connectivity index is 4.34. The third-order valence-electron chi connectivity index (χ3n) is 1.31. The lowest BCUT2D eigenvalue weighted by Crippen LogP contribution is -2.12. The quantitative estimate of drug-likeness (QED) is 0.497. The summed E-state index contributed by atoms with van der Waals surface area (Å²) in [5, 5.41) is 17.5. The summed E-state index contributed by atoms with van der Waals surface area (Å²) in [6.45, 7) is 4.25. The summed E-state index contributed by atoms with van der Waals surface area (Å²) in [7, 11) is 0. The van der Waals surface area contributed by atoms with Gasteiger partial charge in [-0.2, -0.15) is 0 Å². The summed E-state index contributed by atoms with van der Waals surface area (Å²) < 4.78 is 0. The summed E-state index contributed by atoms with van der Waals surface area (Å²) in [5.74, 6) is 1.73. The van der Waals surface area contributed by atoms with Crippen LogP contribution in [0.4, 0.5) is 0 Å². The molecule has 0 aromatic rings. The predicted molar refractivity (Wildman–Crippen MR) is 50.6 cm³/mol. The molecule has 0 bridgehead atoms. The Labute approximate surface area is 72.9 Å². The zero-order chi connectivity index (χ0) is 9.40. The third kappa shape index (κ3) is 3.74. The van der Waals surface area contributed by atoms with Crippen molar-refractivity contribution in [3.05, 3.63) is 24.3 Å². The lowest BCUT2D eigenvalue weighted by Gasteiger charge is -1.97. The molecule has 1 N–H and O–H groups in total. The van der Waals surface area contributed by atoms with E-state index in [0.717, 1.165) is 0 Å². The van der Waals surface area contributed by atoms with Crippen LogP contribution in [0.15, 0.2) is 29.3 Å². The van der Waals surface area contributed by atoms with Gasteiger partial charge in [-0.25, -0.2) is 5.26 Å². The Bertz CT molecular complexity index is 240. The maximum atomic E-state index is 9.09. The minimum Gasteiger partial charge on any atom is -0.435 e. The van der Waals surface area contributed by atoms with E-state index >= 15 is 0 Å². The maximum absolute atomic E-state index is 9.09. The lowest BCUT2D eigenvalue weighted by molar-refractivity contribution is 0.593. The van der Waals surface area contributed by atoms with Gasteiger partial charge in [-0.1, -0.05) is 19.6 Å². The highest BCUT2D eigenvalue weighted by molar-refractivity contribution is 6.66. The van der Waals surface area contributed by atoms with Crippen LogP contribution in [0.2, 0.25) is 0 Å². The van der Waals surface area contributed by atoms with Gasteiger partial charge in [0.1, 0.15) is 0 Å². The zero-order valence-electron chi connectivity index (χ0n) is 7.07. The Hall–Kier alpha value is -1.34. The van der Waals surface area contributed by atoms with Gasteiger partial charge in [0, 0.05) is 18.4 Å². The number of hydrogen-bond donors (Lipinski definition) is 1. The summed E-state index contributed by atoms with van der Waals surface area (Å²) >= 11 is 0. The van der Waals surface area contributed by atoms with Crippen LogP contribution in [0.3, 0.4) is 0 Å². The number of hydrogen-bond acceptors (Lipinski definition) is 3. The molecule has 0 saturated heterocycles. The third-order valence-corrected chi connectivity index (χ3v) is 1.31. The Kier molecular flexibility index (Phi) is 5.67. The average molecular weight is 162 g/mol. The summed E-state index contributed by atoms with van der Waals surface area (Å²) in [6.07, 6.45) is 5.13. The van der Waals surface area contributed by atoms with Gasteiger partial charge in [-0.05, 0) is 11.9 Å². The molecule has 0 unspecified atom stereocenters. The number of nitrogens with zero attached hydrogens (tertiary/aromatic N) is 2. The molecule has 4 heteroatoms. The van der Waals surface area contributed by atoms with E-state index in [1.807, 2.05) is 6.92 Å². The molecule has 0 aromatic carbocycles. The molecular formula is C8H11BN2O. The van der Waals surface area contributed by atoms with Gasteiger partial charge in [0.2, 0.25) is 0 Å². The van der Waals surface area contributed by atoms with Crippen molar-refractivity contribution in [3.63, 3.8) is 0 Å². The monoisotopic (exact) mass is 162 g/mol. The fourth-order valence-corrected chi connectivity index (χ4v) is 0.638. The van der Waals surface area contributed by atoms with Crippen molar-refractivity contribution in [2.45, 2.75) is 13.3 Å². The second-order valence-corrected chi connectivity index (χ2v) is 2.12. The second-order valence-electron chi connectivity index (χ2n) is 2.12. The van der Waals surface area contributed by atoms with Gasteiger partial charge in [0.15, 0.2) is 0 Å². The largest absolute Gasteiger partial charge is 0.442 e. The van der Waals surface area contributed by atoms with Crippen molar-refractivity contribution in [2.75, 3.05) is 0 Å². The van der Waals surface area contributed by atoms with Gasteiger partial charge >= 0.3 is 6.92 Å². The fraction of sp³-hybridized carbons (Fsp3) is 0.250. The molecule has 0 spiro atoms. The topological polar surface area (TPSA) is 56.4 Å². The molecule has 62 valence electrons. The second kappa shape index (κ2) is 6.38. The van der Waals surface area contributed by atoms with Gasteiger partial charge in [-0.15, -0.1) is 0 Å². The molecule has 0 radical (unpaired) electrons. The van der Waals surface area contributed by atoms with Crippen molar-refractivity contribution < 1.29 is 5.02 Å². The van der Waals surface area contributed by atoms with Crippen LogP contribution in [0.5, 0.6) is 0 Å². The van der Waals surface area contributed by atoms with Crippen LogP contribution < -0.4 is 0 Å². The molecule has 0 saturated carbocycles. The molecule has 0 aliphatic rings. The first-order valence-electron chi connectivity index (χ1n) is 3.67. The summed E-state index contributed by atoms with van der Waals surface area (Å²) in [6, 6.07) is 0. The zero-order valence-corrected chi connectivity index (χ0v) is 7.07. The number of rotatable bonds is 4. The van der Waals surface area contributed by atoms with E-state index in [-0.39, 0.29) is 0 Å². The first kappa shape index (κ1) is 10.7. The van der Waals surface area contributed by atoms with E-state index in [1.165, 1.54) is 18.5 Å². The predicted octanol–water partition coefficient (Wildman–Crippen LogP) is 1.12. The molecule has 3 nitrogen and oxygen atoms in total. The van der Waals surface area contributed by atoms with Crippen LogP contribution >= 0.6 is 0 Å². The molecule has 0 fully saturated rings. The standard InChI is InChI=1S/C8H11BN2O/c1-3-5-11-6-8(4-2)9(12)7-10/h3,5-6,12H,1,4H2,2H3/b8-6+,11-5-. The first-order chi connectivity index (χ1) is 5.76. The highest BCUT2D eigenvalue weighted by atomic mass is 16.2. The molecule has 0 rings (SSSR count). The van der Waals surface area contributed by atoms with Crippen LogP contribution in [0.25, 0.3) is 0 Å². The van der Waals surface area contributed by atoms with Gasteiger partial charge in [-0.3, -0.25) is 4.99 Å². The summed E-state index contributed by atoms with van der Waals surface area (Å²) in [5.41, 5.74) is 0.607. The Morgan fingerprint density at radius 3 is 2.92 bits per heavy atom. The highest BCUT2D eigenvalue weighted by Gasteiger charge is 2.13. The van der Waals surface area contributed by atoms with Crippen molar-refractivity contribution in [3.8, 4) is 5.97 Å². The first-order valence-corrected chi connectivity index (χ1v) is 3.67. The molecule has 0 aliphatic carbocycles. The van der Waals surface area contributed by atoms with Gasteiger partial charge in [0.25, 0.3) is 0 Å². The Morgan fingerprint density at radius 1 is 1.83 bits per heavy atom. The van der Waals surface area contributed by atoms with Crippen LogP contribution in [0.1, 0.15) is 13.3 Å². The van der Waals surface area contributed by atoms with E-state index in [1.54, 1.807) is 5.97 Å². The number of nitriles is 1. The van der Waals surface area contributed by atoms with Crippen molar-refractivity contribution in [2.24, 2.45) is 4.99 Å². The Morgan fingerprint density at radius 2 is 2.50 bits per heavy atom.